The molecule has 0 atom stereocenters. The van der Waals surface area contributed by atoms with E-state index in [4.69, 9.17) is 19.4 Å². The molecule has 11 rings (SSSR count). The number of fused-ring (bicyclic) bond motifs is 6. The number of hydrogen-bond acceptors (Lipinski definition) is 4. The molecule has 5 heteroatoms. The Morgan fingerprint density at radius 2 is 1.05 bits per heavy atom. The largest absolute Gasteiger partial charge is 0.456 e. The molecule has 264 valence electrons. The lowest BCUT2D eigenvalue weighted by Gasteiger charge is -2.12. The average molecular weight is 719 g/mol. The van der Waals surface area contributed by atoms with E-state index in [1.165, 1.54) is 21.9 Å². The average Bonchev–Trinajstić information content (AvgIpc) is 3.82. The molecule has 5 nitrogen and oxygen atoms in total. The lowest BCUT2D eigenvalue weighted by atomic mass is 9.92. The van der Waals surface area contributed by atoms with Gasteiger partial charge in [0.2, 0.25) is 0 Å². The van der Waals surface area contributed by atoms with Crippen molar-refractivity contribution in [1.82, 2.24) is 19.5 Å². The third-order valence-corrected chi connectivity index (χ3v) is 10.9. The minimum atomic E-state index is 0.585. The van der Waals surface area contributed by atoms with Crippen LogP contribution in [0.15, 0.2) is 186 Å². The Hall–Kier alpha value is -7.37. The monoisotopic (exact) mass is 718 g/mol. The van der Waals surface area contributed by atoms with Gasteiger partial charge in [0.1, 0.15) is 11.2 Å². The van der Waals surface area contributed by atoms with Gasteiger partial charge in [-0.25, -0.2) is 15.0 Å². The zero-order valence-electron chi connectivity index (χ0n) is 30.4. The van der Waals surface area contributed by atoms with Gasteiger partial charge in [-0.15, -0.1) is 0 Å². The number of furan rings is 1. The first-order chi connectivity index (χ1) is 27.7. The van der Waals surface area contributed by atoms with Crippen molar-refractivity contribution >= 4 is 49.3 Å². The van der Waals surface area contributed by atoms with E-state index in [0.29, 0.717) is 17.5 Å². The van der Waals surface area contributed by atoms with Crippen LogP contribution in [-0.4, -0.2) is 19.5 Å². The Kier molecular flexibility index (Phi) is 7.56. The lowest BCUT2D eigenvalue weighted by molar-refractivity contribution is 0.669. The van der Waals surface area contributed by atoms with Gasteiger partial charge in [-0.05, 0) is 83.6 Å². The highest BCUT2D eigenvalue weighted by Gasteiger charge is 2.19. The number of benzene rings is 7. The van der Waals surface area contributed by atoms with Crippen LogP contribution >= 0.6 is 0 Å². The Morgan fingerprint density at radius 1 is 0.446 bits per heavy atom. The van der Waals surface area contributed by atoms with Gasteiger partial charge in [0.25, 0.3) is 0 Å². The van der Waals surface area contributed by atoms with Crippen LogP contribution in [0, 0.1) is 0 Å². The summed E-state index contributed by atoms with van der Waals surface area (Å²) in [7, 11) is 0. The van der Waals surface area contributed by atoms with Crippen molar-refractivity contribution in [2.24, 2.45) is 0 Å². The molecule has 3 aromatic heterocycles. The summed E-state index contributed by atoms with van der Waals surface area (Å²) in [6.07, 6.45) is 8.93. The molecule has 0 unspecified atom stereocenters. The van der Waals surface area contributed by atoms with Crippen LogP contribution in [0.1, 0.15) is 18.4 Å². The molecule has 0 aliphatic heterocycles. The van der Waals surface area contributed by atoms with E-state index >= 15 is 0 Å². The molecule has 3 heterocycles. The maximum Gasteiger partial charge on any atom is 0.164 e. The summed E-state index contributed by atoms with van der Waals surface area (Å²) in [5, 5.41) is 4.62. The minimum Gasteiger partial charge on any atom is -0.456 e. The van der Waals surface area contributed by atoms with Gasteiger partial charge in [-0.3, -0.25) is 0 Å². The van der Waals surface area contributed by atoms with Crippen LogP contribution in [0.5, 0.6) is 0 Å². The van der Waals surface area contributed by atoms with Gasteiger partial charge in [0.05, 0.1) is 11.0 Å². The van der Waals surface area contributed by atoms with Crippen LogP contribution in [0.3, 0.4) is 0 Å². The van der Waals surface area contributed by atoms with E-state index in [1.807, 2.05) is 30.3 Å². The highest BCUT2D eigenvalue weighted by Crippen LogP contribution is 2.41. The Balaban J connectivity index is 1.08. The van der Waals surface area contributed by atoms with Gasteiger partial charge in [-0.2, -0.15) is 0 Å². The van der Waals surface area contributed by atoms with E-state index < -0.39 is 0 Å². The molecule has 0 fully saturated rings. The highest BCUT2D eigenvalue weighted by molar-refractivity contribution is 6.13. The molecular formula is C51H34N4O. The number of aromatic nitrogens is 4. The normalized spacial score (nSPS) is 12.9. The predicted octanol–water partition coefficient (Wildman–Crippen LogP) is 13.3. The molecule has 0 saturated heterocycles. The number of rotatable bonds is 6. The molecule has 10 aromatic rings. The molecule has 1 aliphatic carbocycles. The second kappa shape index (κ2) is 13.2. The van der Waals surface area contributed by atoms with Crippen LogP contribution in [0.4, 0.5) is 0 Å². The van der Waals surface area contributed by atoms with Crippen LogP contribution in [0.25, 0.3) is 100 Å². The van der Waals surface area contributed by atoms with E-state index in [-0.39, 0.29) is 0 Å². The second-order valence-electron chi connectivity index (χ2n) is 14.3. The van der Waals surface area contributed by atoms with E-state index in [0.717, 1.165) is 79.3 Å². The first-order valence-electron chi connectivity index (χ1n) is 19.1. The molecule has 0 amide bonds. The van der Waals surface area contributed by atoms with E-state index in [1.54, 1.807) is 0 Å². The van der Waals surface area contributed by atoms with Gasteiger partial charge in [0, 0.05) is 43.9 Å². The second-order valence-corrected chi connectivity index (χ2v) is 14.3. The summed E-state index contributed by atoms with van der Waals surface area (Å²) < 4.78 is 9.06. The van der Waals surface area contributed by atoms with Crippen molar-refractivity contribution in [2.75, 3.05) is 0 Å². The fourth-order valence-electron chi connectivity index (χ4n) is 8.22. The summed E-state index contributed by atoms with van der Waals surface area (Å²) in [4.78, 5) is 15.3. The first kappa shape index (κ1) is 32.1. The van der Waals surface area contributed by atoms with Crippen molar-refractivity contribution in [1.29, 1.82) is 0 Å². The molecular weight excluding hydrogens is 685 g/mol. The molecule has 0 N–H and O–H groups in total. The van der Waals surface area contributed by atoms with Crippen molar-refractivity contribution < 1.29 is 4.42 Å². The SMILES string of the molecule is C1=CC(c2cc(-c3ccccc3)cc3oc4cc(-c5nc(-c6ccccc6)nc(-c6cccc(-n7c8ccccc8c8ccccc87)c6)n5)ccc4c23)=CCC1. The Labute approximate surface area is 323 Å². The molecule has 0 spiro atoms. The lowest BCUT2D eigenvalue weighted by Crippen LogP contribution is -2.01. The Bertz CT molecular complexity index is 3140. The summed E-state index contributed by atoms with van der Waals surface area (Å²) >= 11 is 0. The summed E-state index contributed by atoms with van der Waals surface area (Å²) in [6, 6.07) is 57.1. The predicted molar refractivity (Wildman–Crippen MR) is 230 cm³/mol. The van der Waals surface area contributed by atoms with Crippen LogP contribution in [-0.2, 0) is 0 Å². The number of allylic oxidation sites excluding steroid dienone is 4. The fraction of sp³-hybridized carbons (Fsp3) is 0.0392. The topological polar surface area (TPSA) is 56.7 Å². The maximum atomic E-state index is 6.74. The van der Waals surface area contributed by atoms with E-state index in [2.05, 4.69) is 156 Å². The van der Waals surface area contributed by atoms with Crippen molar-refractivity contribution in [3.8, 4) is 51.0 Å². The molecule has 7 aromatic carbocycles. The minimum absolute atomic E-state index is 0.585. The molecule has 0 bridgehead atoms. The maximum absolute atomic E-state index is 6.74. The molecule has 1 aliphatic rings. The molecule has 56 heavy (non-hydrogen) atoms. The van der Waals surface area contributed by atoms with Crippen LogP contribution < -0.4 is 0 Å². The fourth-order valence-corrected chi connectivity index (χ4v) is 8.22. The zero-order chi connectivity index (χ0) is 37.0. The van der Waals surface area contributed by atoms with Crippen molar-refractivity contribution in [3.63, 3.8) is 0 Å². The summed E-state index contributed by atoms with van der Waals surface area (Å²) in [6.45, 7) is 0. The molecule has 0 radical (unpaired) electrons. The van der Waals surface area contributed by atoms with Gasteiger partial charge >= 0.3 is 0 Å². The zero-order valence-corrected chi connectivity index (χ0v) is 30.4. The third kappa shape index (κ3) is 5.44. The number of nitrogens with zero attached hydrogens (tertiary/aromatic N) is 4. The third-order valence-electron chi connectivity index (χ3n) is 10.9. The van der Waals surface area contributed by atoms with Gasteiger partial charge in [0.15, 0.2) is 17.5 Å². The number of para-hydroxylation sites is 2. The van der Waals surface area contributed by atoms with Crippen LogP contribution in [0.2, 0.25) is 0 Å². The summed E-state index contributed by atoms with van der Waals surface area (Å²) in [5.74, 6) is 1.80. The summed E-state index contributed by atoms with van der Waals surface area (Å²) in [5.41, 5.74) is 12.4. The first-order valence-corrected chi connectivity index (χ1v) is 19.1. The van der Waals surface area contributed by atoms with Gasteiger partial charge in [-0.1, -0.05) is 133 Å². The molecule has 0 saturated carbocycles. The highest BCUT2D eigenvalue weighted by atomic mass is 16.3. The van der Waals surface area contributed by atoms with Gasteiger partial charge < -0.3 is 8.98 Å². The smallest absolute Gasteiger partial charge is 0.164 e. The van der Waals surface area contributed by atoms with E-state index in [9.17, 15) is 0 Å². The van der Waals surface area contributed by atoms with Crippen molar-refractivity contribution in [2.45, 2.75) is 12.8 Å². The number of hydrogen-bond donors (Lipinski definition) is 0. The Morgan fingerprint density at radius 3 is 1.75 bits per heavy atom. The standard InChI is InChI=1S/C51H34N4O/c1-4-15-33(16-5-1)38-30-43(34-17-6-2-7-18-34)48-42-28-27-37(31-46(42)56-47(48)32-38)51-53-49(35-19-8-3-9-20-35)52-50(54-51)36-21-14-22-39(29-36)55-44-25-12-10-23-40(44)41-24-11-13-26-45(41)55/h1,3-6,8-32H,2,7H2. The van der Waals surface area contributed by atoms with Crippen molar-refractivity contribution in [3.05, 3.63) is 188 Å². The quantitative estimate of drug-likeness (QED) is 0.172.